The van der Waals surface area contributed by atoms with E-state index in [-0.39, 0.29) is 18.4 Å². The summed E-state index contributed by atoms with van der Waals surface area (Å²) < 4.78 is 5.53. The van der Waals surface area contributed by atoms with Crippen molar-refractivity contribution in [2.45, 2.75) is 19.4 Å². The minimum absolute atomic E-state index is 0.0496. The molecule has 4 rings (SSSR count). The molecule has 0 amide bonds. The molecule has 0 aliphatic carbocycles. The molecule has 26 heavy (non-hydrogen) atoms. The van der Waals surface area contributed by atoms with Gasteiger partial charge in [0.05, 0.1) is 5.92 Å². The van der Waals surface area contributed by atoms with Crippen molar-refractivity contribution in [1.82, 2.24) is 20.0 Å². The number of hydrogen-bond acceptors (Lipinski definition) is 6. The number of aromatic nitrogens is 3. The monoisotopic (exact) mass is 350 g/mol. The van der Waals surface area contributed by atoms with Crippen LogP contribution in [0.25, 0.3) is 11.4 Å². The van der Waals surface area contributed by atoms with Gasteiger partial charge in [-0.15, -0.1) is 0 Å². The third-order valence-corrected chi connectivity index (χ3v) is 4.98. The normalized spacial score (nSPS) is 20.5. The van der Waals surface area contributed by atoms with Crippen LogP contribution in [0.15, 0.2) is 53.3 Å². The highest BCUT2D eigenvalue weighted by Crippen LogP contribution is 2.33. The number of aliphatic hydroxyl groups excluding tert-OH is 1. The van der Waals surface area contributed by atoms with Gasteiger partial charge < -0.3 is 9.63 Å². The molecule has 1 aromatic carbocycles. The average molecular weight is 350 g/mol. The molecule has 2 aromatic heterocycles. The Morgan fingerprint density at radius 1 is 1.12 bits per heavy atom. The highest BCUT2D eigenvalue weighted by atomic mass is 16.5. The van der Waals surface area contributed by atoms with E-state index in [1.165, 1.54) is 11.1 Å². The summed E-state index contributed by atoms with van der Waals surface area (Å²) in [4.78, 5) is 10.9. The second-order valence-corrected chi connectivity index (χ2v) is 6.92. The molecule has 134 valence electrons. The van der Waals surface area contributed by atoms with Crippen molar-refractivity contribution in [2.24, 2.45) is 5.92 Å². The Balaban J connectivity index is 1.49. The molecule has 0 saturated carbocycles. The van der Waals surface area contributed by atoms with Crippen LogP contribution in [0.5, 0.6) is 0 Å². The summed E-state index contributed by atoms with van der Waals surface area (Å²) in [6.07, 6.45) is 3.42. The molecule has 6 nitrogen and oxygen atoms in total. The molecule has 1 aliphatic heterocycles. The van der Waals surface area contributed by atoms with Crippen molar-refractivity contribution in [3.05, 3.63) is 65.8 Å². The first-order chi connectivity index (χ1) is 12.7. The summed E-state index contributed by atoms with van der Waals surface area (Å²) in [5, 5.41) is 13.9. The van der Waals surface area contributed by atoms with Gasteiger partial charge in [-0.25, -0.2) is 0 Å². The summed E-state index contributed by atoms with van der Waals surface area (Å²) >= 11 is 0. The summed E-state index contributed by atoms with van der Waals surface area (Å²) in [6, 6.07) is 12.3. The lowest BCUT2D eigenvalue weighted by Gasteiger charge is -2.15. The van der Waals surface area contributed by atoms with Gasteiger partial charge in [-0.1, -0.05) is 35.0 Å². The van der Waals surface area contributed by atoms with E-state index in [1.54, 1.807) is 12.4 Å². The van der Waals surface area contributed by atoms with Crippen molar-refractivity contribution in [3.8, 4) is 11.4 Å². The van der Waals surface area contributed by atoms with Gasteiger partial charge >= 0.3 is 0 Å². The van der Waals surface area contributed by atoms with E-state index in [0.717, 1.165) is 25.2 Å². The van der Waals surface area contributed by atoms with Gasteiger partial charge in [-0.3, -0.25) is 9.88 Å². The SMILES string of the molecule is Cc1ccc(CN2C[C@@H](CO)[C@H](c3nc(-c4ccncc4)no3)C2)cc1. The highest BCUT2D eigenvalue weighted by Gasteiger charge is 2.37. The number of nitrogens with zero attached hydrogens (tertiary/aromatic N) is 4. The van der Waals surface area contributed by atoms with Gasteiger partial charge in [0, 0.05) is 50.1 Å². The first-order valence-electron chi connectivity index (χ1n) is 8.85. The zero-order valence-electron chi connectivity index (χ0n) is 14.7. The van der Waals surface area contributed by atoms with Crippen molar-refractivity contribution in [1.29, 1.82) is 0 Å². The maximum atomic E-state index is 9.82. The van der Waals surface area contributed by atoms with Gasteiger partial charge in [0.15, 0.2) is 0 Å². The molecule has 1 saturated heterocycles. The molecular formula is C20H22N4O2. The fourth-order valence-corrected chi connectivity index (χ4v) is 3.51. The molecule has 3 aromatic rings. The lowest BCUT2D eigenvalue weighted by molar-refractivity contribution is 0.205. The Hall–Kier alpha value is -2.57. The van der Waals surface area contributed by atoms with Crippen LogP contribution in [0.2, 0.25) is 0 Å². The summed E-state index contributed by atoms with van der Waals surface area (Å²) in [7, 11) is 0. The van der Waals surface area contributed by atoms with Gasteiger partial charge in [0.2, 0.25) is 11.7 Å². The minimum Gasteiger partial charge on any atom is -0.396 e. The Morgan fingerprint density at radius 2 is 1.88 bits per heavy atom. The first kappa shape index (κ1) is 16.9. The standard InChI is InChI=1S/C20H22N4O2/c1-14-2-4-15(5-3-14)10-24-11-17(13-25)18(12-24)20-22-19(23-26-20)16-6-8-21-9-7-16/h2-9,17-18,25H,10-13H2,1H3/t17-,18+/m0/s1. The highest BCUT2D eigenvalue weighted by molar-refractivity contribution is 5.52. The molecule has 0 spiro atoms. The first-order valence-corrected chi connectivity index (χ1v) is 8.85. The number of rotatable bonds is 5. The summed E-state index contributed by atoms with van der Waals surface area (Å²) in [5.41, 5.74) is 3.41. The van der Waals surface area contributed by atoms with E-state index < -0.39 is 0 Å². The second-order valence-electron chi connectivity index (χ2n) is 6.92. The molecule has 0 bridgehead atoms. The number of aliphatic hydroxyl groups is 1. The molecular weight excluding hydrogens is 328 g/mol. The van der Waals surface area contributed by atoms with E-state index in [1.807, 2.05) is 12.1 Å². The zero-order valence-corrected chi connectivity index (χ0v) is 14.7. The molecule has 0 radical (unpaired) electrons. The summed E-state index contributed by atoms with van der Waals surface area (Å²) in [6.45, 7) is 4.69. The van der Waals surface area contributed by atoms with Gasteiger partial charge in [-0.05, 0) is 24.6 Å². The Labute approximate surface area is 152 Å². The van der Waals surface area contributed by atoms with Crippen molar-refractivity contribution in [3.63, 3.8) is 0 Å². The van der Waals surface area contributed by atoms with Gasteiger partial charge in [0.25, 0.3) is 0 Å². The fraction of sp³-hybridized carbons (Fsp3) is 0.350. The molecule has 1 fully saturated rings. The lowest BCUT2D eigenvalue weighted by Crippen LogP contribution is -2.20. The molecule has 0 unspecified atom stereocenters. The number of aryl methyl sites for hydroxylation is 1. The van der Waals surface area contributed by atoms with Crippen LogP contribution in [-0.2, 0) is 6.54 Å². The van der Waals surface area contributed by atoms with Crippen molar-refractivity contribution >= 4 is 0 Å². The molecule has 2 atom stereocenters. The number of likely N-dealkylation sites (tertiary alicyclic amines) is 1. The molecule has 1 N–H and O–H groups in total. The van der Waals surface area contributed by atoms with Crippen LogP contribution in [0.3, 0.4) is 0 Å². The van der Waals surface area contributed by atoms with Crippen LogP contribution in [0, 0.1) is 12.8 Å². The lowest BCUT2D eigenvalue weighted by atomic mass is 9.97. The van der Waals surface area contributed by atoms with Crippen LogP contribution in [0.1, 0.15) is 22.9 Å². The van der Waals surface area contributed by atoms with Crippen LogP contribution in [-0.4, -0.2) is 44.8 Å². The van der Waals surface area contributed by atoms with E-state index in [4.69, 9.17) is 4.52 Å². The second kappa shape index (κ2) is 7.35. The third kappa shape index (κ3) is 3.52. The maximum absolute atomic E-state index is 9.82. The predicted molar refractivity (Wildman–Crippen MR) is 97.3 cm³/mol. The van der Waals surface area contributed by atoms with Gasteiger partial charge in [-0.2, -0.15) is 4.98 Å². The predicted octanol–water partition coefficient (Wildman–Crippen LogP) is 2.65. The number of pyridine rings is 1. The quantitative estimate of drug-likeness (QED) is 0.762. The van der Waals surface area contributed by atoms with E-state index in [0.29, 0.717) is 11.7 Å². The number of benzene rings is 1. The minimum atomic E-state index is 0.0496. The van der Waals surface area contributed by atoms with E-state index in [2.05, 4.69) is 51.2 Å². The largest absolute Gasteiger partial charge is 0.396 e. The average Bonchev–Trinajstić information content (AvgIpc) is 3.31. The van der Waals surface area contributed by atoms with Crippen molar-refractivity contribution in [2.75, 3.05) is 19.7 Å². The maximum Gasteiger partial charge on any atom is 0.231 e. The van der Waals surface area contributed by atoms with Gasteiger partial charge in [0.1, 0.15) is 0 Å². The Bertz CT molecular complexity index is 848. The van der Waals surface area contributed by atoms with Crippen LogP contribution < -0.4 is 0 Å². The third-order valence-electron chi connectivity index (χ3n) is 4.98. The van der Waals surface area contributed by atoms with Crippen LogP contribution >= 0.6 is 0 Å². The zero-order chi connectivity index (χ0) is 17.9. The molecule has 1 aliphatic rings. The Morgan fingerprint density at radius 3 is 2.62 bits per heavy atom. The summed E-state index contributed by atoms with van der Waals surface area (Å²) in [5.74, 6) is 1.32. The van der Waals surface area contributed by atoms with Crippen molar-refractivity contribution < 1.29 is 9.63 Å². The van der Waals surface area contributed by atoms with Crippen LogP contribution in [0.4, 0.5) is 0 Å². The fourth-order valence-electron chi connectivity index (χ4n) is 3.51. The smallest absolute Gasteiger partial charge is 0.231 e. The number of hydrogen-bond donors (Lipinski definition) is 1. The Kier molecular flexibility index (Phi) is 4.77. The van der Waals surface area contributed by atoms with E-state index in [9.17, 15) is 5.11 Å². The topological polar surface area (TPSA) is 75.3 Å². The molecule has 3 heterocycles. The van der Waals surface area contributed by atoms with E-state index >= 15 is 0 Å². The molecule has 6 heteroatoms.